The molecule has 1 amide bonds. The van der Waals surface area contributed by atoms with Crippen molar-refractivity contribution >= 4 is 24.3 Å². The lowest BCUT2D eigenvalue weighted by atomic mass is 9.99. The van der Waals surface area contributed by atoms with Gasteiger partial charge in [0.25, 0.3) is 5.91 Å². The number of carbonyl (C=O) groups is 2. The number of methoxy groups -OCH3 is 1. The number of hydrogen-bond acceptors (Lipinski definition) is 6. The molecule has 1 aromatic heterocycles. The number of ether oxygens (including phenoxy) is 1. The number of phenols is 1. The van der Waals surface area contributed by atoms with Gasteiger partial charge in [-0.1, -0.05) is 12.1 Å². The van der Waals surface area contributed by atoms with E-state index in [4.69, 9.17) is 4.74 Å². The van der Waals surface area contributed by atoms with Crippen LogP contribution in [0.25, 0.3) is 0 Å². The summed E-state index contributed by atoms with van der Waals surface area (Å²) in [6.07, 6.45) is 4.34. The Kier molecular flexibility index (Phi) is 8.48. The standard InChI is InChI=1S/C20H26N4O4.ClH/c1-28-20(27)15(11-14-4-6-17(25)7-5-14)12-22-19(26)18-8-10-24(23-18)16-3-2-9-21-13-16;/h4-8,10,15-16,21,25H,2-3,9,11-13H2,1H3,(H,22,26);1H. The Morgan fingerprint density at radius 1 is 1.34 bits per heavy atom. The van der Waals surface area contributed by atoms with Crippen molar-refractivity contribution in [3.63, 3.8) is 0 Å². The topological polar surface area (TPSA) is 105 Å². The number of benzene rings is 1. The minimum Gasteiger partial charge on any atom is -0.508 e. The summed E-state index contributed by atoms with van der Waals surface area (Å²) >= 11 is 0. The summed E-state index contributed by atoms with van der Waals surface area (Å²) in [5.41, 5.74) is 1.20. The Bertz CT molecular complexity index is 803. The Morgan fingerprint density at radius 2 is 2.10 bits per heavy atom. The van der Waals surface area contributed by atoms with E-state index in [2.05, 4.69) is 15.7 Å². The van der Waals surface area contributed by atoms with Gasteiger partial charge in [0.1, 0.15) is 11.4 Å². The number of nitrogens with zero attached hydrogens (tertiary/aromatic N) is 2. The van der Waals surface area contributed by atoms with Crippen molar-refractivity contribution in [1.29, 1.82) is 0 Å². The van der Waals surface area contributed by atoms with Crippen molar-refractivity contribution in [3.05, 3.63) is 47.8 Å². The molecule has 0 spiro atoms. The highest BCUT2D eigenvalue weighted by molar-refractivity contribution is 5.92. The molecular formula is C20H27ClN4O4. The third kappa shape index (κ3) is 6.20. The molecule has 3 rings (SSSR count). The number of halogens is 1. The highest BCUT2D eigenvalue weighted by atomic mass is 35.5. The molecule has 29 heavy (non-hydrogen) atoms. The number of phenolic OH excluding ortho intramolecular Hbond substituents is 1. The van der Waals surface area contributed by atoms with Gasteiger partial charge in [-0.05, 0) is 49.6 Å². The molecule has 0 saturated carbocycles. The fraction of sp³-hybridized carbons (Fsp3) is 0.450. The molecule has 0 bridgehead atoms. The zero-order chi connectivity index (χ0) is 19.9. The number of rotatable bonds is 7. The number of carbonyl (C=O) groups excluding carboxylic acids is 2. The van der Waals surface area contributed by atoms with Crippen LogP contribution in [0.3, 0.4) is 0 Å². The van der Waals surface area contributed by atoms with Crippen LogP contribution < -0.4 is 10.6 Å². The highest BCUT2D eigenvalue weighted by Gasteiger charge is 2.22. The second-order valence-electron chi connectivity index (χ2n) is 6.98. The van der Waals surface area contributed by atoms with Gasteiger partial charge in [-0.3, -0.25) is 14.3 Å². The van der Waals surface area contributed by atoms with Crippen LogP contribution >= 0.6 is 12.4 Å². The van der Waals surface area contributed by atoms with E-state index in [-0.39, 0.29) is 36.7 Å². The Hall–Kier alpha value is -2.58. The van der Waals surface area contributed by atoms with Gasteiger partial charge in [0.2, 0.25) is 0 Å². The summed E-state index contributed by atoms with van der Waals surface area (Å²) in [5, 5.41) is 19.9. The van der Waals surface area contributed by atoms with Crippen LogP contribution in [0.2, 0.25) is 0 Å². The quantitative estimate of drug-likeness (QED) is 0.586. The normalized spacial score (nSPS) is 17.1. The smallest absolute Gasteiger partial charge is 0.310 e. The van der Waals surface area contributed by atoms with Crippen molar-refractivity contribution < 1.29 is 19.4 Å². The summed E-state index contributed by atoms with van der Waals surface area (Å²) in [5.74, 6) is -1.08. The zero-order valence-corrected chi connectivity index (χ0v) is 17.2. The molecule has 8 nitrogen and oxygen atoms in total. The minimum atomic E-state index is -0.525. The van der Waals surface area contributed by atoms with E-state index in [0.29, 0.717) is 12.1 Å². The maximum Gasteiger partial charge on any atom is 0.310 e. The summed E-state index contributed by atoms with van der Waals surface area (Å²) in [6.45, 7) is 2.01. The minimum absolute atomic E-state index is 0. The molecule has 0 radical (unpaired) electrons. The Labute approximate surface area is 176 Å². The summed E-state index contributed by atoms with van der Waals surface area (Å²) in [6, 6.07) is 8.56. The number of aromatic hydroxyl groups is 1. The number of hydrogen-bond donors (Lipinski definition) is 3. The Morgan fingerprint density at radius 3 is 2.76 bits per heavy atom. The SMILES string of the molecule is COC(=O)C(CNC(=O)c1ccn(C2CCCNC2)n1)Cc1ccc(O)cc1.Cl. The van der Waals surface area contributed by atoms with Gasteiger partial charge < -0.3 is 20.5 Å². The van der Waals surface area contributed by atoms with E-state index >= 15 is 0 Å². The van der Waals surface area contributed by atoms with Crippen LogP contribution in [0.5, 0.6) is 5.75 Å². The van der Waals surface area contributed by atoms with Crippen molar-refractivity contribution in [2.45, 2.75) is 25.3 Å². The molecule has 1 fully saturated rings. The van der Waals surface area contributed by atoms with E-state index in [1.54, 1.807) is 30.3 Å². The van der Waals surface area contributed by atoms with Gasteiger partial charge in [-0.15, -0.1) is 12.4 Å². The summed E-state index contributed by atoms with van der Waals surface area (Å²) in [7, 11) is 1.33. The van der Waals surface area contributed by atoms with Crippen LogP contribution in [0.1, 0.15) is 34.9 Å². The molecule has 1 aromatic carbocycles. The molecule has 1 aliphatic rings. The molecule has 2 unspecified atom stereocenters. The summed E-state index contributed by atoms with van der Waals surface area (Å²) < 4.78 is 6.69. The van der Waals surface area contributed by atoms with E-state index in [1.165, 1.54) is 7.11 Å². The van der Waals surface area contributed by atoms with Gasteiger partial charge in [-0.25, -0.2) is 0 Å². The molecule has 2 aromatic rings. The number of piperidine rings is 1. The van der Waals surface area contributed by atoms with Gasteiger partial charge in [-0.2, -0.15) is 5.10 Å². The van der Waals surface area contributed by atoms with Crippen molar-refractivity contribution in [2.24, 2.45) is 5.92 Å². The molecule has 9 heteroatoms. The maximum atomic E-state index is 12.5. The zero-order valence-electron chi connectivity index (χ0n) is 16.3. The molecular weight excluding hydrogens is 396 g/mol. The second-order valence-corrected chi connectivity index (χ2v) is 6.98. The van der Waals surface area contributed by atoms with Gasteiger partial charge >= 0.3 is 5.97 Å². The van der Waals surface area contributed by atoms with E-state index < -0.39 is 11.9 Å². The fourth-order valence-electron chi connectivity index (χ4n) is 3.35. The van der Waals surface area contributed by atoms with Crippen LogP contribution in [-0.2, 0) is 16.0 Å². The number of nitrogens with one attached hydrogen (secondary N) is 2. The van der Waals surface area contributed by atoms with Gasteiger partial charge in [0, 0.05) is 19.3 Å². The average Bonchev–Trinajstić information content (AvgIpc) is 3.23. The molecule has 1 saturated heterocycles. The van der Waals surface area contributed by atoms with Crippen molar-refractivity contribution in [2.75, 3.05) is 26.7 Å². The van der Waals surface area contributed by atoms with Gasteiger partial charge in [0.05, 0.1) is 19.1 Å². The lowest BCUT2D eigenvalue weighted by molar-refractivity contribution is -0.145. The lowest BCUT2D eigenvalue weighted by Gasteiger charge is -2.22. The molecule has 1 aliphatic heterocycles. The van der Waals surface area contributed by atoms with E-state index in [9.17, 15) is 14.7 Å². The van der Waals surface area contributed by atoms with Crippen LogP contribution in [0.4, 0.5) is 0 Å². The molecule has 158 valence electrons. The van der Waals surface area contributed by atoms with Crippen LogP contribution in [0, 0.1) is 5.92 Å². The van der Waals surface area contributed by atoms with E-state index in [0.717, 1.165) is 31.5 Å². The number of aromatic nitrogens is 2. The van der Waals surface area contributed by atoms with Crippen LogP contribution in [-0.4, -0.2) is 53.5 Å². The van der Waals surface area contributed by atoms with Crippen LogP contribution in [0.15, 0.2) is 36.5 Å². The predicted octanol–water partition coefficient (Wildman–Crippen LogP) is 1.70. The van der Waals surface area contributed by atoms with Gasteiger partial charge in [0.15, 0.2) is 0 Å². The molecule has 2 atom stereocenters. The molecule has 2 heterocycles. The number of amides is 1. The number of esters is 1. The first-order chi connectivity index (χ1) is 13.6. The maximum absolute atomic E-state index is 12.5. The van der Waals surface area contributed by atoms with E-state index in [1.807, 2.05) is 10.9 Å². The van der Waals surface area contributed by atoms with Crippen molar-refractivity contribution in [3.8, 4) is 5.75 Å². The summed E-state index contributed by atoms with van der Waals surface area (Å²) in [4.78, 5) is 24.6. The molecule has 0 aliphatic carbocycles. The fourth-order valence-corrected chi connectivity index (χ4v) is 3.35. The largest absolute Gasteiger partial charge is 0.508 e. The third-order valence-corrected chi connectivity index (χ3v) is 4.95. The first-order valence-corrected chi connectivity index (χ1v) is 9.46. The second kappa shape index (κ2) is 10.8. The monoisotopic (exact) mass is 422 g/mol. The third-order valence-electron chi connectivity index (χ3n) is 4.95. The first-order valence-electron chi connectivity index (χ1n) is 9.46. The Balaban J connectivity index is 0.00000300. The average molecular weight is 423 g/mol. The first kappa shape index (κ1) is 22.7. The van der Waals surface area contributed by atoms with Crippen molar-refractivity contribution in [1.82, 2.24) is 20.4 Å². The highest BCUT2D eigenvalue weighted by Crippen LogP contribution is 2.16. The predicted molar refractivity (Wildman–Crippen MR) is 110 cm³/mol. The molecule has 3 N–H and O–H groups in total. The lowest BCUT2D eigenvalue weighted by Crippen LogP contribution is -2.35.